The van der Waals surface area contributed by atoms with Crippen molar-refractivity contribution in [3.8, 4) is 5.75 Å². The lowest BCUT2D eigenvalue weighted by Gasteiger charge is -2.16. The largest absolute Gasteiger partial charge is 0.492 e. The van der Waals surface area contributed by atoms with Gasteiger partial charge in [0.15, 0.2) is 0 Å². The summed E-state index contributed by atoms with van der Waals surface area (Å²) in [7, 11) is -3.68. The molecule has 0 saturated heterocycles. The number of ether oxygens (including phenoxy) is 1. The van der Waals surface area contributed by atoms with Crippen molar-refractivity contribution in [2.45, 2.75) is 17.7 Å². The minimum absolute atomic E-state index is 0.110. The van der Waals surface area contributed by atoms with E-state index in [1.54, 1.807) is 24.5 Å². The summed E-state index contributed by atoms with van der Waals surface area (Å²) in [6, 6.07) is 8.86. The molecule has 1 unspecified atom stereocenters. The number of rotatable bonds is 7. The average Bonchev–Trinajstić information content (AvgIpc) is 3.08. The average molecular weight is 348 g/mol. The molecule has 0 aliphatic carbocycles. The minimum Gasteiger partial charge on any atom is -0.492 e. The van der Waals surface area contributed by atoms with Crippen LogP contribution in [0.15, 0.2) is 47.6 Å². The molecule has 1 aromatic carbocycles. The molecule has 0 bridgehead atoms. The molecule has 1 atom stereocenters. The van der Waals surface area contributed by atoms with E-state index in [0.29, 0.717) is 18.8 Å². The van der Waals surface area contributed by atoms with Crippen LogP contribution in [0.5, 0.6) is 5.75 Å². The summed E-state index contributed by atoms with van der Waals surface area (Å²) in [5, 5.41) is 9.53. The van der Waals surface area contributed by atoms with Crippen LogP contribution in [0.4, 0.5) is 0 Å². The second-order valence-electron chi connectivity index (χ2n) is 5.81. The number of hydrogen-bond acceptors (Lipinski definition) is 5. The number of aliphatic hydroxyl groups is 1. The fourth-order valence-electron chi connectivity index (χ4n) is 2.76. The Morgan fingerprint density at radius 3 is 2.92 bits per heavy atom. The highest BCUT2D eigenvalue weighted by Gasteiger charge is 2.25. The van der Waals surface area contributed by atoms with Crippen LogP contribution in [0.3, 0.4) is 0 Å². The molecule has 0 amide bonds. The highest BCUT2D eigenvalue weighted by molar-refractivity contribution is 7.89. The van der Waals surface area contributed by atoms with Crippen LogP contribution in [0.1, 0.15) is 11.1 Å². The van der Waals surface area contributed by atoms with Gasteiger partial charge >= 0.3 is 0 Å². The summed E-state index contributed by atoms with van der Waals surface area (Å²) in [5.41, 5.74) is 1.87. The first-order valence-electron chi connectivity index (χ1n) is 7.84. The monoisotopic (exact) mass is 348 g/mol. The quantitative estimate of drug-likeness (QED) is 0.783. The first kappa shape index (κ1) is 16.9. The standard InChI is InChI=1S/C17H20N2O4S/c20-12-14(9-13-3-2-7-18-10-13)11-19-24(21,22)16-5-1-4-15-6-8-23-17(15)16/h1-5,7,10,14,19-20H,6,8-9,11-12H2. The smallest absolute Gasteiger partial charge is 0.244 e. The van der Waals surface area contributed by atoms with E-state index in [0.717, 1.165) is 17.5 Å². The number of hydrogen-bond donors (Lipinski definition) is 2. The van der Waals surface area contributed by atoms with Crippen molar-refractivity contribution in [2.24, 2.45) is 5.92 Å². The van der Waals surface area contributed by atoms with Gasteiger partial charge in [0.2, 0.25) is 10.0 Å². The Morgan fingerprint density at radius 1 is 1.29 bits per heavy atom. The molecular formula is C17H20N2O4S. The molecule has 2 aromatic rings. The van der Waals surface area contributed by atoms with Crippen LogP contribution in [0, 0.1) is 5.92 Å². The normalized spacial score (nSPS) is 14.9. The molecular weight excluding hydrogens is 328 g/mol. The highest BCUT2D eigenvalue weighted by atomic mass is 32.2. The molecule has 0 radical (unpaired) electrons. The number of sulfonamides is 1. The zero-order valence-corrected chi connectivity index (χ0v) is 14.0. The van der Waals surface area contributed by atoms with E-state index in [-0.39, 0.29) is 24.0 Å². The number of para-hydroxylation sites is 1. The van der Waals surface area contributed by atoms with Crippen molar-refractivity contribution in [3.05, 3.63) is 53.9 Å². The number of aromatic nitrogens is 1. The zero-order chi connectivity index (χ0) is 17.0. The van der Waals surface area contributed by atoms with Gasteiger partial charge in [0.25, 0.3) is 0 Å². The molecule has 128 valence electrons. The molecule has 0 spiro atoms. The van der Waals surface area contributed by atoms with Gasteiger partial charge in [-0.15, -0.1) is 0 Å². The Balaban J connectivity index is 1.69. The fourth-order valence-corrected chi connectivity index (χ4v) is 4.06. The molecule has 1 aliphatic heterocycles. The molecule has 1 aromatic heterocycles. The van der Waals surface area contributed by atoms with Crippen molar-refractivity contribution in [1.29, 1.82) is 0 Å². The van der Waals surface area contributed by atoms with Gasteiger partial charge in [-0.3, -0.25) is 4.98 Å². The molecule has 3 rings (SSSR count). The predicted octanol–water partition coefficient (Wildman–Crippen LogP) is 1.15. The predicted molar refractivity (Wildman–Crippen MR) is 89.3 cm³/mol. The van der Waals surface area contributed by atoms with Gasteiger partial charge in [0.05, 0.1) is 6.61 Å². The number of pyridine rings is 1. The maximum Gasteiger partial charge on any atom is 0.244 e. The SMILES string of the molecule is O=S(=O)(NCC(CO)Cc1cccnc1)c1cccc2c1OCC2. The molecule has 0 saturated carbocycles. The van der Waals surface area contributed by atoms with Crippen molar-refractivity contribution < 1.29 is 18.3 Å². The summed E-state index contributed by atoms with van der Waals surface area (Å²) >= 11 is 0. The van der Waals surface area contributed by atoms with Gasteiger partial charge in [-0.2, -0.15) is 0 Å². The van der Waals surface area contributed by atoms with E-state index >= 15 is 0 Å². The molecule has 0 fully saturated rings. The van der Waals surface area contributed by atoms with E-state index in [4.69, 9.17) is 4.74 Å². The number of aliphatic hydroxyl groups excluding tert-OH is 1. The van der Waals surface area contributed by atoms with Gasteiger partial charge in [-0.1, -0.05) is 18.2 Å². The van der Waals surface area contributed by atoms with Crippen LogP contribution in [-0.4, -0.2) is 38.3 Å². The topological polar surface area (TPSA) is 88.5 Å². The highest BCUT2D eigenvalue weighted by Crippen LogP contribution is 2.32. The first-order chi connectivity index (χ1) is 11.6. The maximum absolute atomic E-state index is 12.6. The van der Waals surface area contributed by atoms with Crippen LogP contribution in [0.2, 0.25) is 0 Å². The van der Waals surface area contributed by atoms with Crippen LogP contribution in [-0.2, 0) is 22.9 Å². The zero-order valence-electron chi connectivity index (χ0n) is 13.2. The lowest BCUT2D eigenvalue weighted by atomic mass is 10.0. The molecule has 7 heteroatoms. The third-order valence-corrected chi connectivity index (χ3v) is 5.48. The van der Waals surface area contributed by atoms with Gasteiger partial charge in [0, 0.05) is 32.0 Å². The second-order valence-corrected chi connectivity index (χ2v) is 7.54. The Kier molecular flexibility index (Phi) is 5.13. The third-order valence-electron chi connectivity index (χ3n) is 4.04. The van der Waals surface area contributed by atoms with Crippen LogP contribution in [0.25, 0.3) is 0 Å². The summed E-state index contributed by atoms with van der Waals surface area (Å²) in [6.45, 7) is 0.542. The van der Waals surface area contributed by atoms with Gasteiger partial charge in [-0.05, 0) is 35.6 Å². The number of fused-ring (bicyclic) bond motifs is 1. The van der Waals surface area contributed by atoms with E-state index in [9.17, 15) is 13.5 Å². The van der Waals surface area contributed by atoms with Gasteiger partial charge in [0.1, 0.15) is 10.6 Å². The molecule has 1 aliphatic rings. The van der Waals surface area contributed by atoms with Gasteiger partial charge < -0.3 is 9.84 Å². The van der Waals surface area contributed by atoms with Crippen molar-refractivity contribution in [1.82, 2.24) is 9.71 Å². The third kappa shape index (κ3) is 3.75. The molecule has 6 nitrogen and oxygen atoms in total. The lowest BCUT2D eigenvalue weighted by Crippen LogP contribution is -2.32. The fraction of sp³-hybridized carbons (Fsp3) is 0.353. The van der Waals surface area contributed by atoms with Crippen LogP contribution >= 0.6 is 0 Å². The van der Waals surface area contributed by atoms with E-state index in [2.05, 4.69) is 9.71 Å². The molecule has 2 N–H and O–H groups in total. The lowest BCUT2D eigenvalue weighted by molar-refractivity contribution is 0.226. The number of benzene rings is 1. The summed E-state index contributed by atoms with van der Waals surface area (Å²) < 4.78 is 33.2. The second kappa shape index (κ2) is 7.29. The van der Waals surface area contributed by atoms with E-state index in [1.165, 1.54) is 0 Å². The number of nitrogens with zero attached hydrogens (tertiary/aromatic N) is 1. The summed E-state index contributed by atoms with van der Waals surface area (Å²) in [6.07, 6.45) is 4.67. The Hall–Kier alpha value is -1.96. The van der Waals surface area contributed by atoms with Crippen molar-refractivity contribution >= 4 is 10.0 Å². The van der Waals surface area contributed by atoms with E-state index < -0.39 is 10.0 Å². The van der Waals surface area contributed by atoms with Crippen molar-refractivity contribution in [3.63, 3.8) is 0 Å². The minimum atomic E-state index is -3.68. The Labute approximate surface area is 141 Å². The van der Waals surface area contributed by atoms with Gasteiger partial charge in [-0.25, -0.2) is 13.1 Å². The number of nitrogens with one attached hydrogen (secondary N) is 1. The maximum atomic E-state index is 12.6. The Bertz CT molecular complexity index is 793. The summed E-state index contributed by atoms with van der Waals surface area (Å²) in [5.74, 6) is 0.222. The molecule has 2 heterocycles. The first-order valence-corrected chi connectivity index (χ1v) is 9.32. The molecule has 24 heavy (non-hydrogen) atoms. The van der Waals surface area contributed by atoms with E-state index in [1.807, 2.05) is 18.2 Å². The van der Waals surface area contributed by atoms with Crippen LogP contribution < -0.4 is 9.46 Å². The van der Waals surface area contributed by atoms with Crippen molar-refractivity contribution in [2.75, 3.05) is 19.8 Å². The summed E-state index contributed by atoms with van der Waals surface area (Å²) in [4.78, 5) is 4.19. The Morgan fingerprint density at radius 2 is 2.17 bits per heavy atom.